The molecule has 3 aromatic rings. The van der Waals surface area contributed by atoms with Crippen molar-refractivity contribution in [2.45, 2.75) is 45.8 Å². The van der Waals surface area contributed by atoms with E-state index in [0.717, 1.165) is 33.0 Å². The van der Waals surface area contributed by atoms with Gasteiger partial charge in [0.1, 0.15) is 11.4 Å². The monoisotopic (exact) mass is 407 g/mol. The van der Waals surface area contributed by atoms with E-state index in [1.54, 1.807) is 21.0 Å². The zero-order valence-electron chi connectivity index (χ0n) is 18.3. The Bertz CT molecular complexity index is 1100. The number of rotatable bonds is 5. The van der Waals surface area contributed by atoms with E-state index in [1.165, 1.54) is 0 Å². The number of carbonyl (C=O) groups excluding carboxylic acids is 1. The minimum atomic E-state index is -0.836. The smallest absolute Gasteiger partial charge is 0.335 e. The molecule has 0 saturated heterocycles. The highest BCUT2D eigenvalue weighted by Gasteiger charge is 2.21. The van der Waals surface area contributed by atoms with E-state index in [2.05, 4.69) is 44.6 Å². The van der Waals surface area contributed by atoms with Crippen molar-refractivity contribution in [1.29, 1.82) is 0 Å². The van der Waals surface area contributed by atoms with Crippen LogP contribution in [0.5, 0.6) is 5.75 Å². The fourth-order valence-electron chi connectivity index (χ4n) is 3.11. The quantitative estimate of drug-likeness (QED) is 0.292. The number of urea groups is 1. The highest BCUT2D eigenvalue weighted by molar-refractivity contribution is 6.14. The van der Waals surface area contributed by atoms with Crippen LogP contribution in [0.25, 0.3) is 21.5 Å². The highest BCUT2D eigenvalue weighted by atomic mass is 16.5. The lowest BCUT2D eigenvalue weighted by atomic mass is 10.00. The lowest BCUT2D eigenvalue weighted by molar-refractivity contribution is 0.231. The fraction of sp³-hybridized carbons (Fsp3) is 0.348. The maximum absolute atomic E-state index is 12.4. The van der Waals surface area contributed by atoms with Crippen LogP contribution in [-0.4, -0.2) is 24.3 Å². The third-order valence-electron chi connectivity index (χ3n) is 4.42. The molecule has 158 valence electrons. The van der Waals surface area contributed by atoms with Gasteiger partial charge in [0.05, 0.1) is 18.3 Å². The van der Waals surface area contributed by atoms with E-state index in [4.69, 9.17) is 4.74 Å². The van der Waals surface area contributed by atoms with Crippen molar-refractivity contribution < 1.29 is 9.53 Å². The SMILES string of the molecule is COc1ccc(NNC(=O)NC(C)(C)N=NC(C)(C)C)c2ccc3ccccc3c12. The molecule has 0 saturated carbocycles. The largest absolute Gasteiger partial charge is 0.496 e. The minimum absolute atomic E-state index is 0.307. The Morgan fingerprint density at radius 3 is 2.33 bits per heavy atom. The van der Waals surface area contributed by atoms with Crippen LogP contribution in [-0.2, 0) is 0 Å². The van der Waals surface area contributed by atoms with Gasteiger partial charge < -0.3 is 10.1 Å². The van der Waals surface area contributed by atoms with Crippen molar-refractivity contribution in [3.63, 3.8) is 0 Å². The maximum Gasteiger partial charge on any atom is 0.335 e. The molecule has 3 rings (SSSR count). The third-order valence-corrected chi connectivity index (χ3v) is 4.42. The van der Waals surface area contributed by atoms with Crippen LogP contribution in [0.3, 0.4) is 0 Å². The molecule has 0 aliphatic rings. The Morgan fingerprint density at radius 2 is 1.63 bits per heavy atom. The molecule has 7 heteroatoms. The number of nitrogens with one attached hydrogen (secondary N) is 3. The van der Waals surface area contributed by atoms with Gasteiger partial charge in [0.2, 0.25) is 0 Å². The van der Waals surface area contributed by atoms with E-state index in [1.807, 2.05) is 51.1 Å². The van der Waals surface area contributed by atoms with Crippen molar-refractivity contribution in [3.05, 3.63) is 48.5 Å². The first-order chi connectivity index (χ1) is 14.1. The molecule has 0 heterocycles. The molecule has 0 aliphatic heterocycles. The van der Waals surface area contributed by atoms with Crippen molar-refractivity contribution in [2.75, 3.05) is 12.5 Å². The second-order valence-electron chi connectivity index (χ2n) is 8.66. The van der Waals surface area contributed by atoms with Crippen LogP contribution < -0.4 is 20.9 Å². The van der Waals surface area contributed by atoms with Crippen LogP contribution in [0.4, 0.5) is 10.5 Å². The number of ether oxygens (including phenoxy) is 1. The maximum atomic E-state index is 12.4. The Morgan fingerprint density at radius 1 is 0.900 bits per heavy atom. The van der Waals surface area contributed by atoms with Gasteiger partial charge in [0, 0.05) is 10.8 Å². The van der Waals surface area contributed by atoms with Gasteiger partial charge in [-0.05, 0) is 57.5 Å². The number of hydrazine groups is 1. The van der Waals surface area contributed by atoms with E-state index in [-0.39, 0.29) is 5.54 Å². The summed E-state index contributed by atoms with van der Waals surface area (Å²) in [7, 11) is 1.66. The van der Waals surface area contributed by atoms with Gasteiger partial charge in [-0.3, -0.25) is 10.9 Å². The second kappa shape index (κ2) is 8.18. The van der Waals surface area contributed by atoms with E-state index >= 15 is 0 Å². The number of carbonyl (C=O) groups is 1. The summed E-state index contributed by atoms with van der Waals surface area (Å²) in [6.07, 6.45) is 0. The predicted molar refractivity (Wildman–Crippen MR) is 122 cm³/mol. The van der Waals surface area contributed by atoms with Crippen LogP contribution in [0.1, 0.15) is 34.6 Å². The summed E-state index contributed by atoms with van der Waals surface area (Å²) >= 11 is 0. The summed E-state index contributed by atoms with van der Waals surface area (Å²) in [6.45, 7) is 9.43. The van der Waals surface area contributed by atoms with Gasteiger partial charge >= 0.3 is 6.03 Å². The summed E-state index contributed by atoms with van der Waals surface area (Å²) in [5.74, 6) is 0.778. The predicted octanol–water partition coefficient (Wildman–Crippen LogP) is 5.61. The molecule has 0 aromatic heterocycles. The lowest BCUT2D eigenvalue weighted by Gasteiger charge is -2.23. The van der Waals surface area contributed by atoms with Crippen molar-refractivity contribution in [1.82, 2.24) is 10.7 Å². The number of methoxy groups -OCH3 is 1. The molecule has 0 fully saturated rings. The summed E-state index contributed by atoms with van der Waals surface area (Å²) in [5, 5.41) is 15.4. The molecule has 0 bridgehead atoms. The molecule has 7 nitrogen and oxygen atoms in total. The van der Waals surface area contributed by atoms with Crippen LogP contribution >= 0.6 is 0 Å². The molecule has 0 aliphatic carbocycles. The summed E-state index contributed by atoms with van der Waals surface area (Å²) in [5.41, 5.74) is 5.32. The first-order valence-electron chi connectivity index (χ1n) is 9.86. The van der Waals surface area contributed by atoms with Crippen LogP contribution in [0.2, 0.25) is 0 Å². The normalized spacial score (nSPS) is 12.3. The molecule has 0 unspecified atom stereocenters. The van der Waals surface area contributed by atoms with Gasteiger partial charge in [-0.15, -0.1) is 0 Å². The topological polar surface area (TPSA) is 87.1 Å². The number of nitrogens with zero attached hydrogens (tertiary/aromatic N) is 2. The summed E-state index contributed by atoms with van der Waals surface area (Å²) in [6, 6.07) is 15.6. The molecular weight excluding hydrogens is 378 g/mol. The molecule has 0 radical (unpaired) electrons. The zero-order valence-corrected chi connectivity index (χ0v) is 18.3. The number of fused-ring (bicyclic) bond motifs is 3. The third kappa shape index (κ3) is 4.97. The van der Waals surface area contributed by atoms with Gasteiger partial charge in [0.25, 0.3) is 0 Å². The molecule has 0 spiro atoms. The van der Waals surface area contributed by atoms with Crippen molar-refractivity contribution in [2.24, 2.45) is 10.2 Å². The average Bonchev–Trinajstić information content (AvgIpc) is 2.69. The van der Waals surface area contributed by atoms with Gasteiger partial charge in [0.15, 0.2) is 0 Å². The number of hydrogen-bond donors (Lipinski definition) is 3. The fourth-order valence-corrected chi connectivity index (χ4v) is 3.11. The Labute approximate surface area is 176 Å². The lowest BCUT2D eigenvalue weighted by Crippen LogP contribution is -2.48. The number of hydrogen-bond acceptors (Lipinski definition) is 5. The highest BCUT2D eigenvalue weighted by Crippen LogP contribution is 2.36. The van der Waals surface area contributed by atoms with Crippen molar-refractivity contribution in [3.8, 4) is 5.75 Å². The molecule has 0 atom stereocenters. The molecule has 30 heavy (non-hydrogen) atoms. The zero-order chi connectivity index (χ0) is 21.9. The summed E-state index contributed by atoms with van der Waals surface area (Å²) < 4.78 is 5.59. The van der Waals surface area contributed by atoms with E-state index in [9.17, 15) is 4.79 Å². The second-order valence-corrected chi connectivity index (χ2v) is 8.66. The Hall–Kier alpha value is -3.35. The van der Waals surface area contributed by atoms with Crippen molar-refractivity contribution >= 4 is 33.3 Å². The summed E-state index contributed by atoms with van der Waals surface area (Å²) in [4.78, 5) is 12.4. The number of anilines is 1. The standard InChI is InChI=1S/C23H29N5O2/c1-22(2,3)27-28-23(4,5)24-21(29)26-25-18-13-14-19(30-6)20-16-10-8-7-9-15(16)11-12-17(18)20/h7-14,25H,1-6H3,(H2,24,26,29). The number of benzene rings is 3. The Kier molecular flexibility index (Phi) is 5.82. The van der Waals surface area contributed by atoms with Gasteiger partial charge in [-0.25, -0.2) is 4.79 Å². The van der Waals surface area contributed by atoms with Gasteiger partial charge in [-0.1, -0.05) is 36.4 Å². The van der Waals surface area contributed by atoms with Crippen LogP contribution in [0.15, 0.2) is 58.8 Å². The van der Waals surface area contributed by atoms with E-state index < -0.39 is 11.7 Å². The van der Waals surface area contributed by atoms with Crippen LogP contribution in [0, 0.1) is 0 Å². The number of amides is 2. The number of azo groups is 1. The molecule has 3 N–H and O–H groups in total. The first kappa shape index (κ1) is 21.4. The molecule has 2 amide bonds. The molecule has 3 aromatic carbocycles. The minimum Gasteiger partial charge on any atom is -0.496 e. The van der Waals surface area contributed by atoms with E-state index in [0.29, 0.717) is 0 Å². The van der Waals surface area contributed by atoms with Gasteiger partial charge in [-0.2, -0.15) is 10.2 Å². The average molecular weight is 408 g/mol. The first-order valence-corrected chi connectivity index (χ1v) is 9.86. The Balaban J connectivity index is 1.82. The molecular formula is C23H29N5O2.